The van der Waals surface area contributed by atoms with Crippen LogP contribution in [-0.2, 0) is 28.6 Å². The van der Waals surface area contributed by atoms with Crippen LogP contribution in [0.5, 0.6) is 0 Å². The smallest absolute Gasteiger partial charge is 0.306 e. The van der Waals surface area contributed by atoms with Crippen molar-refractivity contribution in [2.75, 3.05) is 13.2 Å². The van der Waals surface area contributed by atoms with Crippen LogP contribution >= 0.6 is 0 Å². The fourth-order valence-corrected chi connectivity index (χ4v) is 7.16. The van der Waals surface area contributed by atoms with Crippen LogP contribution in [-0.4, -0.2) is 37.2 Å². The Hall–Kier alpha value is -1.59. The van der Waals surface area contributed by atoms with Crippen molar-refractivity contribution in [3.63, 3.8) is 0 Å². The predicted molar refractivity (Wildman–Crippen MR) is 229 cm³/mol. The Morgan fingerprint density at radius 2 is 0.611 bits per heavy atom. The summed E-state index contributed by atoms with van der Waals surface area (Å²) in [5.74, 6) is -0.0458. The molecule has 0 unspecified atom stereocenters. The van der Waals surface area contributed by atoms with Gasteiger partial charge in [0.1, 0.15) is 13.2 Å². The quantitative estimate of drug-likeness (QED) is 0.0349. The summed E-state index contributed by atoms with van der Waals surface area (Å²) in [6.45, 7) is 8.98. The van der Waals surface area contributed by atoms with Gasteiger partial charge in [0, 0.05) is 19.3 Å². The molecule has 0 aromatic heterocycles. The molecule has 0 aromatic rings. The van der Waals surface area contributed by atoms with E-state index in [0.717, 1.165) is 63.7 Å². The van der Waals surface area contributed by atoms with E-state index in [2.05, 4.69) is 27.7 Å². The Kier molecular flexibility index (Phi) is 41.3. The first kappa shape index (κ1) is 52.4. The predicted octanol–water partition coefficient (Wildman–Crippen LogP) is 15.1. The molecule has 54 heavy (non-hydrogen) atoms. The third kappa shape index (κ3) is 41.6. The van der Waals surface area contributed by atoms with Gasteiger partial charge in [-0.1, -0.05) is 227 Å². The second-order valence-electron chi connectivity index (χ2n) is 16.9. The van der Waals surface area contributed by atoms with Gasteiger partial charge in [0.25, 0.3) is 0 Å². The number of hydrogen-bond donors (Lipinski definition) is 0. The normalized spacial score (nSPS) is 11.9. The molecular weight excluding hydrogens is 673 g/mol. The number of esters is 3. The number of carbonyl (C=O) groups is 3. The maximum atomic E-state index is 12.7. The molecule has 0 rings (SSSR count). The highest BCUT2D eigenvalue weighted by molar-refractivity contribution is 5.71. The molecule has 0 aliphatic heterocycles. The van der Waals surface area contributed by atoms with Gasteiger partial charge in [0.2, 0.25) is 0 Å². The topological polar surface area (TPSA) is 78.9 Å². The summed E-state index contributed by atoms with van der Waals surface area (Å²) >= 11 is 0. The number of ether oxygens (including phenoxy) is 3. The minimum Gasteiger partial charge on any atom is -0.462 e. The van der Waals surface area contributed by atoms with Crippen molar-refractivity contribution < 1.29 is 28.6 Å². The van der Waals surface area contributed by atoms with Crippen LogP contribution < -0.4 is 0 Å². The van der Waals surface area contributed by atoms with Crippen molar-refractivity contribution in [2.45, 2.75) is 271 Å². The van der Waals surface area contributed by atoms with E-state index >= 15 is 0 Å². The van der Waals surface area contributed by atoms with Crippen molar-refractivity contribution in [3.05, 3.63) is 0 Å². The first-order valence-electron chi connectivity index (χ1n) is 23.9. The minimum absolute atomic E-state index is 0.0636. The van der Waals surface area contributed by atoms with Gasteiger partial charge >= 0.3 is 17.9 Å². The molecule has 1 atom stereocenters. The van der Waals surface area contributed by atoms with Gasteiger partial charge < -0.3 is 14.2 Å². The number of carbonyl (C=O) groups excluding carboxylic acids is 3. The number of hydrogen-bond acceptors (Lipinski definition) is 6. The Balaban J connectivity index is 4.32. The van der Waals surface area contributed by atoms with E-state index in [1.165, 1.54) is 161 Å². The lowest BCUT2D eigenvalue weighted by atomic mass is 10.0. The molecule has 0 spiro atoms. The standard InChI is InChI=1S/C48H92O6/c1-5-7-9-11-13-15-17-18-20-24-28-32-36-40-47(50)53-43-45(42-52-46(49)39-35-31-27-23-19-16-14-12-10-8-6-2)54-48(51)41-37-33-29-25-21-22-26-30-34-38-44(3)4/h44-45H,5-43H2,1-4H3/t45-/m0/s1. The fourth-order valence-electron chi connectivity index (χ4n) is 7.16. The van der Waals surface area contributed by atoms with Crippen LogP contribution in [0, 0.1) is 5.92 Å². The molecule has 320 valence electrons. The van der Waals surface area contributed by atoms with Crippen molar-refractivity contribution in [2.24, 2.45) is 5.92 Å². The maximum Gasteiger partial charge on any atom is 0.306 e. The minimum atomic E-state index is -0.759. The maximum absolute atomic E-state index is 12.7. The summed E-state index contributed by atoms with van der Waals surface area (Å²) < 4.78 is 16.7. The lowest BCUT2D eigenvalue weighted by molar-refractivity contribution is -0.167. The average Bonchev–Trinajstić information content (AvgIpc) is 3.15. The summed E-state index contributed by atoms with van der Waals surface area (Å²) in [4.78, 5) is 37.8. The molecule has 0 fully saturated rings. The van der Waals surface area contributed by atoms with Crippen LogP contribution in [0.15, 0.2) is 0 Å². The van der Waals surface area contributed by atoms with Crippen molar-refractivity contribution in [1.82, 2.24) is 0 Å². The second kappa shape index (κ2) is 42.6. The molecule has 0 aliphatic rings. The third-order valence-electron chi connectivity index (χ3n) is 10.8. The van der Waals surface area contributed by atoms with E-state index in [0.29, 0.717) is 19.3 Å². The lowest BCUT2D eigenvalue weighted by Gasteiger charge is -2.18. The Morgan fingerprint density at radius 1 is 0.352 bits per heavy atom. The highest BCUT2D eigenvalue weighted by Crippen LogP contribution is 2.16. The van der Waals surface area contributed by atoms with Crippen LogP contribution in [0.1, 0.15) is 265 Å². The molecule has 6 heteroatoms. The van der Waals surface area contributed by atoms with E-state index in [1.807, 2.05) is 0 Å². The van der Waals surface area contributed by atoms with Crippen molar-refractivity contribution in [1.29, 1.82) is 0 Å². The molecule has 0 aromatic carbocycles. The zero-order chi connectivity index (χ0) is 39.6. The summed E-state index contributed by atoms with van der Waals surface area (Å²) in [6, 6.07) is 0. The molecule has 0 heterocycles. The molecule has 0 radical (unpaired) electrons. The highest BCUT2D eigenvalue weighted by atomic mass is 16.6. The van der Waals surface area contributed by atoms with E-state index in [4.69, 9.17) is 14.2 Å². The zero-order valence-electron chi connectivity index (χ0n) is 36.7. The van der Waals surface area contributed by atoms with Gasteiger partial charge in [0.15, 0.2) is 6.10 Å². The highest BCUT2D eigenvalue weighted by Gasteiger charge is 2.19. The molecule has 0 N–H and O–H groups in total. The SMILES string of the molecule is CCCCCCCCCCCCCCCC(=O)OC[C@H](COC(=O)CCCCCCCCCCCCC)OC(=O)CCCCCCCCCCCC(C)C. The van der Waals surface area contributed by atoms with Gasteiger partial charge in [-0.2, -0.15) is 0 Å². The summed E-state index contributed by atoms with van der Waals surface area (Å²) in [7, 11) is 0. The monoisotopic (exact) mass is 765 g/mol. The Labute approximate surface area is 336 Å². The van der Waals surface area contributed by atoms with Crippen molar-refractivity contribution >= 4 is 17.9 Å². The first-order chi connectivity index (χ1) is 26.4. The van der Waals surface area contributed by atoms with Gasteiger partial charge in [-0.05, 0) is 25.2 Å². The Bertz CT molecular complexity index is 811. The summed E-state index contributed by atoms with van der Waals surface area (Å²) in [6.07, 6.45) is 42.2. The second-order valence-corrected chi connectivity index (χ2v) is 16.9. The molecular formula is C48H92O6. The van der Waals surface area contributed by atoms with Gasteiger partial charge in [0.05, 0.1) is 0 Å². The van der Waals surface area contributed by atoms with E-state index in [9.17, 15) is 14.4 Å². The van der Waals surface area contributed by atoms with Crippen LogP contribution in [0.2, 0.25) is 0 Å². The molecule has 6 nitrogen and oxygen atoms in total. The van der Waals surface area contributed by atoms with Crippen LogP contribution in [0.25, 0.3) is 0 Å². The summed E-state index contributed by atoms with van der Waals surface area (Å²) in [5.41, 5.74) is 0. The van der Waals surface area contributed by atoms with Crippen LogP contribution in [0.4, 0.5) is 0 Å². The average molecular weight is 765 g/mol. The van der Waals surface area contributed by atoms with Gasteiger partial charge in [-0.15, -0.1) is 0 Å². The molecule has 0 saturated carbocycles. The summed E-state index contributed by atoms with van der Waals surface area (Å²) in [5, 5.41) is 0. The number of unbranched alkanes of at least 4 members (excludes halogenated alkanes) is 30. The lowest BCUT2D eigenvalue weighted by Crippen LogP contribution is -2.30. The molecule has 0 amide bonds. The van der Waals surface area contributed by atoms with E-state index in [1.54, 1.807) is 0 Å². The zero-order valence-corrected chi connectivity index (χ0v) is 36.7. The molecule has 0 aliphatic carbocycles. The molecule has 0 saturated heterocycles. The van der Waals surface area contributed by atoms with Gasteiger partial charge in [-0.25, -0.2) is 0 Å². The first-order valence-corrected chi connectivity index (χ1v) is 23.9. The third-order valence-corrected chi connectivity index (χ3v) is 10.8. The van der Waals surface area contributed by atoms with Crippen molar-refractivity contribution in [3.8, 4) is 0 Å². The molecule has 0 bridgehead atoms. The largest absolute Gasteiger partial charge is 0.462 e. The van der Waals surface area contributed by atoms with E-state index < -0.39 is 6.10 Å². The Morgan fingerprint density at radius 3 is 0.907 bits per heavy atom. The van der Waals surface area contributed by atoms with Crippen LogP contribution in [0.3, 0.4) is 0 Å². The number of rotatable bonds is 43. The van der Waals surface area contributed by atoms with E-state index in [-0.39, 0.29) is 31.1 Å². The fraction of sp³-hybridized carbons (Fsp3) is 0.938. The van der Waals surface area contributed by atoms with Gasteiger partial charge in [-0.3, -0.25) is 14.4 Å².